The molecule has 0 radical (unpaired) electrons. The summed E-state index contributed by atoms with van der Waals surface area (Å²) in [6.07, 6.45) is 6.78. The number of imidazole rings is 1. The number of pyridine rings is 1. The SMILES string of the molecule is Cc1ccc2c(c1-c1cc(-c3ccc(F)cc3)cc[n+]1C)Cc1nccn1-2. The number of nitrogens with zero attached hydrogens (tertiary/aromatic N) is 3. The first-order valence-corrected chi connectivity index (χ1v) is 9.03. The van der Waals surface area contributed by atoms with E-state index in [0.29, 0.717) is 0 Å². The van der Waals surface area contributed by atoms with Crippen LogP contribution in [0.15, 0.2) is 67.1 Å². The van der Waals surface area contributed by atoms with E-state index in [1.807, 2.05) is 24.5 Å². The summed E-state index contributed by atoms with van der Waals surface area (Å²) in [5.41, 5.74) is 8.25. The smallest absolute Gasteiger partial charge is 0.213 e. The molecule has 0 bridgehead atoms. The van der Waals surface area contributed by atoms with Crippen molar-refractivity contribution in [2.24, 2.45) is 7.05 Å². The molecule has 0 fully saturated rings. The van der Waals surface area contributed by atoms with Crippen LogP contribution in [-0.4, -0.2) is 9.55 Å². The number of halogens is 1. The topological polar surface area (TPSA) is 21.7 Å². The van der Waals surface area contributed by atoms with Crippen LogP contribution in [0.2, 0.25) is 0 Å². The van der Waals surface area contributed by atoms with Gasteiger partial charge >= 0.3 is 0 Å². The molecule has 0 aliphatic carbocycles. The number of hydrogen-bond acceptors (Lipinski definition) is 1. The third-order valence-corrected chi connectivity index (χ3v) is 5.39. The van der Waals surface area contributed by atoms with E-state index in [4.69, 9.17) is 0 Å². The summed E-state index contributed by atoms with van der Waals surface area (Å²) in [5.74, 6) is 0.862. The number of fused-ring (bicyclic) bond motifs is 3. The maximum absolute atomic E-state index is 13.3. The number of benzene rings is 2. The second-order valence-corrected chi connectivity index (χ2v) is 7.06. The van der Waals surface area contributed by atoms with E-state index in [2.05, 4.69) is 58.6 Å². The number of aryl methyl sites for hydroxylation is 2. The van der Waals surface area contributed by atoms with E-state index in [0.717, 1.165) is 29.1 Å². The summed E-state index contributed by atoms with van der Waals surface area (Å²) in [6.45, 7) is 2.15. The first kappa shape index (κ1) is 15.9. The molecule has 0 spiro atoms. The first-order chi connectivity index (χ1) is 13.1. The lowest BCUT2D eigenvalue weighted by Gasteiger charge is -2.12. The summed E-state index contributed by atoms with van der Waals surface area (Å²) in [4.78, 5) is 4.49. The third kappa shape index (κ3) is 2.48. The van der Waals surface area contributed by atoms with Gasteiger partial charge in [0.2, 0.25) is 5.69 Å². The van der Waals surface area contributed by atoms with E-state index in [1.165, 1.54) is 34.5 Å². The minimum absolute atomic E-state index is 0.216. The van der Waals surface area contributed by atoms with E-state index < -0.39 is 0 Å². The molecule has 0 amide bonds. The third-order valence-electron chi connectivity index (χ3n) is 5.39. The standard InChI is InChI=1S/C23H19FN3/c1-15-3-8-20-19(14-22-25-10-12-27(20)22)23(15)21-13-17(9-11-26(21)2)16-4-6-18(24)7-5-16/h3-13H,14H2,1-2H3/q+1. The molecule has 4 heteroatoms. The second-order valence-electron chi connectivity index (χ2n) is 7.06. The Bertz CT molecular complexity index is 1170. The molecule has 132 valence electrons. The van der Waals surface area contributed by atoms with Crippen molar-refractivity contribution in [1.29, 1.82) is 0 Å². The molecule has 0 saturated carbocycles. The van der Waals surface area contributed by atoms with Crippen molar-refractivity contribution in [3.63, 3.8) is 0 Å². The zero-order chi connectivity index (χ0) is 18.5. The van der Waals surface area contributed by atoms with Gasteiger partial charge in [-0.1, -0.05) is 18.2 Å². The highest BCUT2D eigenvalue weighted by Gasteiger charge is 2.27. The van der Waals surface area contributed by atoms with Gasteiger partial charge in [0.05, 0.1) is 11.3 Å². The quantitative estimate of drug-likeness (QED) is 0.430. The van der Waals surface area contributed by atoms with E-state index in [9.17, 15) is 4.39 Å². The van der Waals surface area contributed by atoms with Crippen molar-refractivity contribution in [2.45, 2.75) is 13.3 Å². The summed E-state index contributed by atoms with van der Waals surface area (Å²) < 4.78 is 17.6. The Hall–Kier alpha value is -3.27. The fraction of sp³-hybridized carbons (Fsp3) is 0.130. The fourth-order valence-electron chi connectivity index (χ4n) is 4.00. The predicted octanol–water partition coefficient (Wildman–Crippen LogP) is 4.38. The zero-order valence-corrected chi connectivity index (χ0v) is 15.3. The average Bonchev–Trinajstić information content (AvgIpc) is 3.24. The first-order valence-electron chi connectivity index (χ1n) is 9.03. The molecule has 27 heavy (non-hydrogen) atoms. The van der Waals surface area contributed by atoms with Crippen LogP contribution >= 0.6 is 0 Å². The lowest BCUT2D eigenvalue weighted by atomic mass is 9.94. The van der Waals surface area contributed by atoms with Crippen molar-refractivity contribution < 1.29 is 8.96 Å². The second kappa shape index (κ2) is 5.88. The van der Waals surface area contributed by atoms with Gasteiger partial charge in [-0.25, -0.2) is 13.9 Å². The Kier molecular flexibility index (Phi) is 3.47. The molecule has 0 N–H and O–H groups in total. The predicted molar refractivity (Wildman–Crippen MR) is 103 cm³/mol. The lowest BCUT2D eigenvalue weighted by molar-refractivity contribution is -0.660. The monoisotopic (exact) mass is 356 g/mol. The molecule has 4 aromatic rings. The van der Waals surface area contributed by atoms with Crippen molar-refractivity contribution in [2.75, 3.05) is 0 Å². The molecule has 2 aromatic heterocycles. The molecule has 3 heterocycles. The van der Waals surface area contributed by atoms with Crippen molar-refractivity contribution >= 4 is 0 Å². The molecule has 5 rings (SSSR count). The van der Waals surface area contributed by atoms with Gasteiger partial charge in [-0.2, -0.15) is 0 Å². The zero-order valence-electron chi connectivity index (χ0n) is 15.3. The van der Waals surface area contributed by atoms with Gasteiger partial charge in [0.15, 0.2) is 6.20 Å². The molecule has 0 saturated heterocycles. The van der Waals surface area contributed by atoms with Crippen LogP contribution in [0.1, 0.15) is 17.0 Å². The molecular weight excluding hydrogens is 337 g/mol. The van der Waals surface area contributed by atoms with Gasteiger partial charge < -0.3 is 4.57 Å². The highest BCUT2D eigenvalue weighted by molar-refractivity contribution is 5.76. The minimum atomic E-state index is -0.216. The van der Waals surface area contributed by atoms with Crippen LogP contribution in [0.3, 0.4) is 0 Å². The summed E-state index contributed by atoms with van der Waals surface area (Å²) >= 11 is 0. The Morgan fingerprint density at radius 2 is 1.85 bits per heavy atom. The van der Waals surface area contributed by atoms with Gasteiger partial charge in [-0.15, -0.1) is 0 Å². The van der Waals surface area contributed by atoms with Gasteiger partial charge in [0, 0.05) is 30.9 Å². The molecule has 0 atom stereocenters. The highest BCUT2D eigenvalue weighted by atomic mass is 19.1. The maximum Gasteiger partial charge on any atom is 0.213 e. The summed E-state index contributed by atoms with van der Waals surface area (Å²) in [7, 11) is 2.07. The van der Waals surface area contributed by atoms with Crippen molar-refractivity contribution in [3.05, 3.63) is 89.9 Å². The number of rotatable bonds is 2. The van der Waals surface area contributed by atoms with Crippen LogP contribution in [0, 0.1) is 12.7 Å². The number of hydrogen-bond donors (Lipinski definition) is 0. The van der Waals surface area contributed by atoms with Crippen LogP contribution in [-0.2, 0) is 13.5 Å². The fourth-order valence-corrected chi connectivity index (χ4v) is 4.00. The Balaban J connectivity index is 1.70. The normalized spacial score (nSPS) is 12.1. The van der Waals surface area contributed by atoms with Crippen molar-refractivity contribution in [3.8, 4) is 28.1 Å². The van der Waals surface area contributed by atoms with Crippen LogP contribution in [0.4, 0.5) is 4.39 Å². The Morgan fingerprint density at radius 1 is 1.04 bits per heavy atom. The molecule has 3 nitrogen and oxygen atoms in total. The van der Waals surface area contributed by atoms with Crippen LogP contribution < -0.4 is 4.57 Å². The molecule has 0 unspecified atom stereocenters. The maximum atomic E-state index is 13.3. The summed E-state index contributed by atoms with van der Waals surface area (Å²) in [6, 6.07) is 15.3. The molecule has 2 aromatic carbocycles. The molecular formula is C23H19FN3+. The van der Waals surface area contributed by atoms with Crippen LogP contribution in [0.25, 0.3) is 28.1 Å². The molecule has 1 aliphatic heterocycles. The Labute approximate surface area is 157 Å². The van der Waals surface area contributed by atoms with Gasteiger partial charge in [-0.3, -0.25) is 0 Å². The van der Waals surface area contributed by atoms with E-state index in [-0.39, 0.29) is 5.82 Å². The van der Waals surface area contributed by atoms with E-state index in [1.54, 1.807) is 0 Å². The lowest BCUT2D eigenvalue weighted by Crippen LogP contribution is -2.31. The Morgan fingerprint density at radius 3 is 2.67 bits per heavy atom. The largest absolute Gasteiger partial charge is 0.303 e. The van der Waals surface area contributed by atoms with Gasteiger partial charge in [0.25, 0.3) is 0 Å². The van der Waals surface area contributed by atoms with Crippen molar-refractivity contribution in [1.82, 2.24) is 9.55 Å². The highest BCUT2D eigenvalue weighted by Crippen LogP contribution is 2.37. The van der Waals surface area contributed by atoms with Gasteiger partial charge in [0.1, 0.15) is 18.7 Å². The summed E-state index contributed by atoms with van der Waals surface area (Å²) in [5, 5.41) is 0. The van der Waals surface area contributed by atoms with Gasteiger partial charge in [-0.05, 0) is 47.4 Å². The van der Waals surface area contributed by atoms with E-state index >= 15 is 0 Å². The molecule has 1 aliphatic rings. The minimum Gasteiger partial charge on any atom is -0.303 e. The number of aromatic nitrogens is 3. The average molecular weight is 356 g/mol. The van der Waals surface area contributed by atoms with Crippen LogP contribution in [0.5, 0.6) is 0 Å².